The van der Waals surface area contributed by atoms with Gasteiger partial charge in [0.15, 0.2) is 0 Å². The Kier molecular flexibility index (Phi) is 3.86. The van der Waals surface area contributed by atoms with Crippen LogP contribution in [0.15, 0.2) is 12.1 Å². The van der Waals surface area contributed by atoms with Crippen LogP contribution in [0, 0.1) is 17.5 Å². The van der Waals surface area contributed by atoms with E-state index in [2.05, 4.69) is 10.6 Å². The van der Waals surface area contributed by atoms with Gasteiger partial charge in [-0.15, -0.1) is 0 Å². The zero-order valence-electron chi connectivity index (χ0n) is 9.60. The fourth-order valence-electron chi connectivity index (χ4n) is 1.99. The predicted molar refractivity (Wildman–Crippen MR) is 59.7 cm³/mol. The summed E-state index contributed by atoms with van der Waals surface area (Å²) < 4.78 is 39.3. The molecular weight excluding hydrogens is 245 g/mol. The number of benzene rings is 1. The summed E-state index contributed by atoms with van der Waals surface area (Å²) in [4.78, 5) is 11.6. The quantitative estimate of drug-likeness (QED) is 0.864. The minimum atomic E-state index is -1.19. The summed E-state index contributed by atoms with van der Waals surface area (Å²) in [5.74, 6) is -4.29. The van der Waals surface area contributed by atoms with Gasteiger partial charge in [0.2, 0.25) is 0 Å². The molecule has 0 saturated carbocycles. The number of hydrogen-bond donors (Lipinski definition) is 2. The van der Waals surface area contributed by atoms with Gasteiger partial charge in [-0.05, 0) is 19.4 Å². The van der Waals surface area contributed by atoms with Gasteiger partial charge in [-0.1, -0.05) is 0 Å². The minimum absolute atomic E-state index is 0.125. The second-order valence-corrected chi connectivity index (χ2v) is 4.25. The summed E-state index contributed by atoms with van der Waals surface area (Å²) in [7, 11) is 0. The molecule has 1 amide bonds. The third kappa shape index (κ3) is 2.81. The largest absolute Gasteiger partial charge is 0.350 e. The van der Waals surface area contributed by atoms with Gasteiger partial charge in [0.25, 0.3) is 5.91 Å². The second kappa shape index (κ2) is 5.39. The number of hydrogen-bond acceptors (Lipinski definition) is 2. The lowest BCUT2D eigenvalue weighted by atomic mass is 10.1. The summed E-state index contributed by atoms with van der Waals surface area (Å²) in [5, 5.41) is 5.58. The highest BCUT2D eigenvalue weighted by Crippen LogP contribution is 2.14. The van der Waals surface area contributed by atoms with E-state index < -0.39 is 28.9 Å². The molecule has 2 N–H and O–H groups in total. The highest BCUT2D eigenvalue weighted by atomic mass is 19.1. The fourth-order valence-corrected chi connectivity index (χ4v) is 1.99. The van der Waals surface area contributed by atoms with Gasteiger partial charge >= 0.3 is 0 Å². The van der Waals surface area contributed by atoms with E-state index in [1.165, 1.54) is 0 Å². The molecule has 1 saturated heterocycles. The van der Waals surface area contributed by atoms with E-state index in [0.717, 1.165) is 19.4 Å². The first-order chi connectivity index (χ1) is 8.58. The van der Waals surface area contributed by atoms with Gasteiger partial charge < -0.3 is 10.6 Å². The summed E-state index contributed by atoms with van der Waals surface area (Å²) in [5.41, 5.74) is -0.741. The van der Waals surface area contributed by atoms with Crippen LogP contribution in [0.3, 0.4) is 0 Å². The van der Waals surface area contributed by atoms with Crippen molar-refractivity contribution in [3.8, 4) is 0 Å². The van der Waals surface area contributed by atoms with Crippen LogP contribution in [0.2, 0.25) is 0 Å². The minimum Gasteiger partial charge on any atom is -0.350 e. The third-order valence-electron chi connectivity index (χ3n) is 2.91. The molecule has 1 aromatic carbocycles. The van der Waals surface area contributed by atoms with E-state index in [4.69, 9.17) is 0 Å². The lowest BCUT2D eigenvalue weighted by Crippen LogP contribution is -2.37. The van der Waals surface area contributed by atoms with Crippen LogP contribution in [0.5, 0.6) is 0 Å². The number of rotatable bonds is 3. The fraction of sp³-hybridized carbons (Fsp3) is 0.417. The Balaban J connectivity index is 2.04. The smallest absolute Gasteiger partial charge is 0.257 e. The molecule has 1 unspecified atom stereocenters. The Morgan fingerprint density at radius 2 is 2.00 bits per heavy atom. The van der Waals surface area contributed by atoms with Gasteiger partial charge in [0, 0.05) is 24.7 Å². The highest BCUT2D eigenvalue weighted by Gasteiger charge is 2.20. The van der Waals surface area contributed by atoms with Crippen LogP contribution in [-0.2, 0) is 0 Å². The average Bonchev–Trinajstić information content (AvgIpc) is 2.77. The maximum absolute atomic E-state index is 13.3. The van der Waals surface area contributed by atoms with Crippen LogP contribution in [0.4, 0.5) is 13.2 Å². The molecule has 3 nitrogen and oxygen atoms in total. The van der Waals surface area contributed by atoms with Crippen molar-refractivity contribution in [1.29, 1.82) is 0 Å². The normalized spacial score (nSPS) is 18.9. The molecule has 98 valence electrons. The lowest BCUT2D eigenvalue weighted by Gasteiger charge is -2.12. The lowest BCUT2D eigenvalue weighted by molar-refractivity contribution is 0.0941. The van der Waals surface area contributed by atoms with E-state index in [1.807, 2.05) is 0 Å². The molecule has 0 bridgehead atoms. The van der Waals surface area contributed by atoms with Crippen LogP contribution < -0.4 is 10.6 Å². The van der Waals surface area contributed by atoms with Crippen molar-refractivity contribution in [3.63, 3.8) is 0 Å². The molecule has 0 radical (unpaired) electrons. The van der Waals surface area contributed by atoms with Crippen LogP contribution in [0.1, 0.15) is 23.2 Å². The molecule has 18 heavy (non-hydrogen) atoms. The first-order valence-electron chi connectivity index (χ1n) is 5.74. The SMILES string of the molecule is O=C(NCC1CCCN1)c1c(F)cc(F)cc1F. The second-order valence-electron chi connectivity index (χ2n) is 4.25. The van der Waals surface area contributed by atoms with Crippen molar-refractivity contribution in [2.24, 2.45) is 0 Å². The molecule has 1 aliphatic rings. The van der Waals surface area contributed by atoms with E-state index >= 15 is 0 Å². The molecule has 0 aromatic heterocycles. The molecular formula is C12H13F3N2O. The Morgan fingerprint density at radius 1 is 1.33 bits per heavy atom. The van der Waals surface area contributed by atoms with Gasteiger partial charge in [-0.25, -0.2) is 13.2 Å². The molecule has 1 aromatic rings. The van der Waals surface area contributed by atoms with Crippen molar-refractivity contribution in [2.75, 3.05) is 13.1 Å². The van der Waals surface area contributed by atoms with Crippen molar-refractivity contribution in [3.05, 3.63) is 35.1 Å². The molecule has 1 fully saturated rings. The Labute approximate surface area is 102 Å². The Morgan fingerprint density at radius 3 is 2.56 bits per heavy atom. The van der Waals surface area contributed by atoms with Crippen molar-refractivity contribution in [1.82, 2.24) is 10.6 Å². The van der Waals surface area contributed by atoms with Crippen LogP contribution in [0.25, 0.3) is 0 Å². The molecule has 2 rings (SSSR count). The maximum Gasteiger partial charge on any atom is 0.257 e. The molecule has 6 heteroatoms. The third-order valence-corrected chi connectivity index (χ3v) is 2.91. The van der Waals surface area contributed by atoms with E-state index in [0.29, 0.717) is 18.7 Å². The van der Waals surface area contributed by atoms with Crippen LogP contribution >= 0.6 is 0 Å². The summed E-state index contributed by atoms with van der Waals surface area (Å²) >= 11 is 0. The first-order valence-corrected chi connectivity index (χ1v) is 5.74. The van der Waals surface area contributed by atoms with Crippen molar-refractivity contribution < 1.29 is 18.0 Å². The predicted octanol–water partition coefficient (Wildman–Crippen LogP) is 1.59. The summed E-state index contributed by atoms with van der Waals surface area (Å²) in [6, 6.07) is 1.11. The zero-order chi connectivity index (χ0) is 13.1. The number of amides is 1. The Hall–Kier alpha value is -1.56. The topological polar surface area (TPSA) is 41.1 Å². The van der Waals surface area contributed by atoms with Crippen molar-refractivity contribution in [2.45, 2.75) is 18.9 Å². The number of halogens is 3. The summed E-state index contributed by atoms with van der Waals surface area (Å²) in [6.45, 7) is 1.18. The monoisotopic (exact) mass is 258 g/mol. The van der Waals surface area contributed by atoms with Gasteiger partial charge in [-0.2, -0.15) is 0 Å². The maximum atomic E-state index is 13.3. The van der Waals surface area contributed by atoms with Gasteiger partial charge in [0.1, 0.15) is 23.0 Å². The average molecular weight is 258 g/mol. The molecule has 1 atom stereocenters. The summed E-state index contributed by atoms with van der Waals surface area (Å²) in [6.07, 6.45) is 1.93. The van der Waals surface area contributed by atoms with Gasteiger partial charge in [0.05, 0.1) is 0 Å². The standard InChI is InChI=1S/C12H13F3N2O/c13-7-4-9(14)11(10(15)5-7)12(18)17-6-8-2-1-3-16-8/h4-5,8,16H,1-3,6H2,(H,17,18). The number of nitrogens with one attached hydrogen (secondary N) is 2. The van der Waals surface area contributed by atoms with Gasteiger partial charge in [-0.3, -0.25) is 4.79 Å². The zero-order valence-corrected chi connectivity index (χ0v) is 9.60. The number of carbonyl (C=O) groups excluding carboxylic acids is 1. The van der Waals surface area contributed by atoms with Crippen molar-refractivity contribution >= 4 is 5.91 Å². The van der Waals surface area contributed by atoms with Crippen LogP contribution in [-0.4, -0.2) is 25.0 Å². The Bertz CT molecular complexity index is 436. The molecule has 1 aliphatic heterocycles. The first kappa shape index (κ1) is 12.9. The van der Waals surface area contributed by atoms with E-state index in [1.54, 1.807) is 0 Å². The molecule has 0 aliphatic carbocycles. The molecule has 1 heterocycles. The van der Waals surface area contributed by atoms with E-state index in [9.17, 15) is 18.0 Å². The highest BCUT2D eigenvalue weighted by molar-refractivity contribution is 5.94. The number of carbonyl (C=O) groups is 1. The van der Waals surface area contributed by atoms with E-state index in [-0.39, 0.29) is 6.04 Å². The molecule has 0 spiro atoms.